The van der Waals surface area contributed by atoms with Gasteiger partial charge in [-0.3, -0.25) is 5.32 Å². The van der Waals surface area contributed by atoms with E-state index in [-0.39, 0.29) is 12.1 Å². The standard InChI is InChI=1S/C16H17ClN2O/c17-15-7-3-5-13(19-15)10-18-16(11-20)9-8-12-4-1-2-6-14(12)16/h1-7,18,20H,8-11H2. The Morgan fingerprint density at radius 1 is 1.20 bits per heavy atom. The number of rotatable bonds is 4. The molecule has 0 spiro atoms. The fourth-order valence-corrected chi connectivity index (χ4v) is 3.08. The highest BCUT2D eigenvalue weighted by molar-refractivity contribution is 6.29. The monoisotopic (exact) mass is 288 g/mol. The molecule has 1 aromatic heterocycles. The predicted molar refractivity (Wildman–Crippen MR) is 79.6 cm³/mol. The maximum atomic E-state index is 9.89. The van der Waals surface area contributed by atoms with Crippen molar-refractivity contribution >= 4 is 11.6 Å². The van der Waals surface area contributed by atoms with E-state index in [4.69, 9.17) is 11.6 Å². The Balaban J connectivity index is 1.82. The molecular formula is C16H17ClN2O. The summed E-state index contributed by atoms with van der Waals surface area (Å²) in [6.07, 6.45) is 1.90. The Morgan fingerprint density at radius 3 is 2.85 bits per heavy atom. The van der Waals surface area contributed by atoms with E-state index in [0.717, 1.165) is 18.5 Å². The highest BCUT2D eigenvalue weighted by atomic mass is 35.5. The van der Waals surface area contributed by atoms with Gasteiger partial charge in [0.2, 0.25) is 0 Å². The van der Waals surface area contributed by atoms with Crippen molar-refractivity contribution < 1.29 is 5.11 Å². The minimum Gasteiger partial charge on any atom is -0.394 e. The van der Waals surface area contributed by atoms with Crippen molar-refractivity contribution in [3.63, 3.8) is 0 Å². The lowest BCUT2D eigenvalue weighted by Gasteiger charge is -2.29. The quantitative estimate of drug-likeness (QED) is 0.850. The topological polar surface area (TPSA) is 45.1 Å². The normalized spacial score (nSPS) is 20.9. The van der Waals surface area contributed by atoms with Crippen LogP contribution in [0.3, 0.4) is 0 Å². The maximum absolute atomic E-state index is 9.89. The molecule has 0 radical (unpaired) electrons. The minimum absolute atomic E-state index is 0.0879. The summed E-state index contributed by atoms with van der Waals surface area (Å²) in [6.45, 7) is 0.681. The molecule has 1 aromatic carbocycles. The van der Waals surface area contributed by atoms with Crippen molar-refractivity contribution in [2.45, 2.75) is 24.9 Å². The van der Waals surface area contributed by atoms with E-state index >= 15 is 0 Å². The van der Waals surface area contributed by atoms with Gasteiger partial charge in [-0.2, -0.15) is 0 Å². The number of halogens is 1. The lowest BCUT2D eigenvalue weighted by molar-refractivity contribution is 0.158. The summed E-state index contributed by atoms with van der Waals surface area (Å²) in [7, 11) is 0. The highest BCUT2D eigenvalue weighted by Crippen LogP contribution is 2.36. The Kier molecular flexibility index (Phi) is 3.74. The van der Waals surface area contributed by atoms with Crippen molar-refractivity contribution in [3.8, 4) is 0 Å². The Morgan fingerprint density at radius 2 is 2.05 bits per heavy atom. The zero-order valence-electron chi connectivity index (χ0n) is 11.1. The van der Waals surface area contributed by atoms with Gasteiger partial charge in [-0.1, -0.05) is 41.9 Å². The zero-order valence-corrected chi connectivity index (χ0v) is 11.9. The van der Waals surface area contributed by atoms with Crippen molar-refractivity contribution in [1.29, 1.82) is 0 Å². The number of benzene rings is 1. The molecule has 0 bridgehead atoms. The summed E-state index contributed by atoms with van der Waals surface area (Å²) in [5.74, 6) is 0. The lowest BCUT2D eigenvalue weighted by atomic mass is 9.92. The van der Waals surface area contributed by atoms with Crippen LogP contribution in [0.4, 0.5) is 0 Å². The largest absolute Gasteiger partial charge is 0.394 e. The first kappa shape index (κ1) is 13.6. The molecule has 3 nitrogen and oxygen atoms in total. The van der Waals surface area contributed by atoms with Crippen molar-refractivity contribution in [3.05, 3.63) is 64.4 Å². The molecule has 0 saturated heterocycles. The third-order valence-electron chi connectivity index (χ3n) is 4.00. The third kappa shape index (κ3) is 2.44. The van der Waals surface area contributed by atoms with Crippen LogP contribution in [0.5, 0.6) is 0 Å². The molecule has 1 unspecified atom stereocenters. The summed E-state index contributed by atoms with van der Waals surface area (Å²) in [5, 5.41) is 13.9. The molecule has 104 valence electrons. The summed E-state index contributed by atoms with van der Waals surface area (Å²) in [6, 6.07) is 13.9. The second-order valence-corrected chi connectivity index (χ2v) is 5.59. The van der Waals surface area contributed by atoms with Crippen LogP contribution in [0, 0.1) is 0 Å². The second-order valence-electron chi connectivity index (χ2n) is 5.20. The average Bonchev–Trinajstić information content (AvgIpc) is 2.85. The Labute approximate surface area is 123 Å². The number of hydrogen-bond acceptors (Lipinski definition) is 3. The second kappa shape index (κ2) is 5.52. The van der Waals surface area contributed by atoms with Crippen molar-refractivity contribution in [1.82, 2.24) is 10.3 Å². The van der Waals surface area contributed by atoms with Gasteiger partial charge < -0.3 is 5.11 Å². The lowest BCUT2D eigenvalue weighted by Crippen LogP contribution is -2.43. The highest BCUT2D eigenvalue weighted by Gasteiger charge is 2.37. The van der Waals surface area contributed by atoms with Gasteiger partial charge in [0.25, 0.3) is 0 Å². The number of nitrogens with one attached hydrogen (secondary N) is 1. The number of nitrogens with zero attached hydrogens (tertiary/aromatic N) is 1. The van der Waals surface area contributed by atoms with Gasteiger partial charge in [-0.25, -0.2) is 4.98 Å². The number of aliphatic hydroxyl groups is 1. The number of pyridine rings is 1. The van der Waals surface area contributed by atoms with Crippen molar-refractivity contribution in [2.24, 2.45) is 0 Å². The van der Waals surface area contributed by atoms with E-state index in [1.54, 1.807) is 6.07 Å². The van der Waals surface area contributed by atoms with E-state index in [0.29, 0.717) is 11.7 Å². The molecule has 0 fully saturated rings. The molecule has 0 amide bonds. The molecule has 4 heteroatoms. The van der Waals surface area contributed by atoms with Crippen LogP contribution in [0.25, 0.3) is 0 Å². The molecule has 1 aliphatic carbocycles. The van der Waals surface area contributed by atoms with Gasteiger partial charge >= 0.3 is 0 Å². The molecule has 0 aliphatic heterocycles. The van der Waals surface area contributed by atoms with Crippen LogP contribution in [0.2, 0.25) is 5.15 Å². The molecule has 2 aromatic rings. The van der Waals surface area contributed by atoms with Crippen molar-refractivity contribution in [2.75, 3.05) is 6.61 Å². The van der Waals surface area contributed by atoms with Crippen LogP contribution in [0.15, 0.2) is 42.5 Å². The van der Waals surface area contributed by atoms with Gasteiger partial charge in [0.1, 0.15) is 5.15 Å². The molecule has 0 saturated carbocycles. The number of fused-ring (bicyclic) bond motifs is 1. The first-order valence-electron chi connectivity index (χ1n) is 6.79. The van der Waals surface area contributed by atoms with E-state index in [2.05, 4.69) is 22.4 Å². The van der Waals surface area contributed by atoms with Gasteiger partial charge in [0.15, 0.2) is 0 Å². The van der Waals surface area contributed by atoms with Crippen LogP contribution in [-0.2, 0) is 18.5 Å². The first-order valence-corrected chi connectivity index (χ1v) is 7.17. The Hall–Kier alpha value is -1.42. The minimum atomic E-state index is -0.361. The van der Waals surface area contributed by atoms with E-state index in [1.165, 1.54) is 11.1 Å². The molecule has 2 N–H and O–H groups in total. The fraction of sp³-hybridized carbons (Fsp3) is 0.312. The molecule has 3 rings (SSSR count). The third-order valence-corrected chi connectivity index (χ3v) is 4.22. The van der Waals surface area contributed by atoms with E-state index in [9.17, 15) is 5.11 Å². The van der Waals surface area contributed by atoms with Gasteiger partial charge in [0.05, 0.1) is 17.8 Å². The summed E-state index contributed by atoms with van der Waals surface area (Å²) < 4.78 is 0. The van der Waals surface area contributed by atoms with E-state index in [1.807, 2.05) is 24.3 Å². The number of aryl methyl sites for hydroxylation is 1. The number of aromatic nitrogens is 1. The molecule has 20 heavy (non-hydrogen) atoms. The SMILES string of the molecule is OCC1(NCc2cccc(Cl)n2)CCc2ccccc21. The van der Waals surface area contributed by atoms with Crippen LogP contribution in [-0.4, -0.2) is 16.7 Å². The maximum Gasteiger partial charge on any atom is 0.129 e. The number of hydrogen-bond donors (Lipinski definition) is 2. The predicted octanol–water partition coefficient (Wildman–Crippen LogP) is 2.66. The first-order chi connectivity index (χ1) is 9.73. The smallest absolute Gasteiger partial charge is 0.129 e. The van der Waals surface area contributed by atoms with Gasteiger partial charge in [0, 0.05) is 6.54 Å². The molecular weight excluding hydrogens is 272 g/mol. The molecule has 1 atom stereocenters. The molecule has 1 heterocycles. The zero-order chi connectivity index (χ0) is 14.0. The molecule has 1 aliphatic rings. The Bertz CT molecular complexity index is 617. The van der Waals surface area contributed by atoms with Crippen LogP contribution >= 0.6 is 11.6 Å². The summed E-state index contributed by atoms with van der Waals surface area (Å²) in [4.78, 5) is 4.28. The van der Waals surface area contributed by atoms with E-state index < -0.39 is 0 Å². The number of aliphatic hydroxyl groups excluding tert-OH is 1. The van der Waals surface area contributed by atoms with Crippen LogP contribution in [0.1, 0.15) is 23.2 Å². The fourth-order valence-electron chi connectivity index (χ4n) is 2.90. The van der Waals surface area contributed by atoms with Gasteiger partial charge in [-0.15, -0.1) is 0 Å². The summed E-state index contributed by atoms with van der Waals surface area (Å²) in [5.41, 5.74) is 3.04. The van der Waals surface area contributed by atoms with Gasteiger partial charge in [-0.05, 0) is 36.1 Å². The summed E-state index contributed by atoms with van der Waals surface area (Å²) >= 11 is 5.90. The average molecular weight is 289 g/mol. The van der Waals surface area contributed by atoms with Crippen LogP contribution < -0.4 is 5.32 Å².